The normalized spacial score (nSPS) is 13.3. The smallest absolute Gasteiger partial charge is 0.230 e. The lowest BCUT2D eigenvalue weighted by atomic mass is 10.0. The van der Waals surface area contributed by atoms with Crippen LogP contribution in [0.2, 0.25) is 5.02 Å². The highest BCUT2D eigenvalue weighted by Crippen LogP contribution is 2.38. The molecule has 0 aliphatic carbocycles. The van der Waals surface area contributed by atoms with Crippen molar-refractivity contribution in [3.05, 3.63) is 52.0 Å². The average Bonchev–Trinajstić information content (AvgIpc) is 3.11. The van der Waals surface area contributed by atoms with Crippen LogP contribution in [-0.2, 0) is 11.2 Å². The van der Waals surface area contributed by atoms with Gasteiger partial charge in [-0.3, -0.25) is 9.79 Å². The Kier molecular flexibility index (Phi) is 5.80. The fraction of sp³-hybridized carbons (Fsp3) is 0.238. The van der Waals surface area contributed by atoms with Gasteiger partial charge in [-0.15, -0.1) is 10.2 Å². The van der Waals surface area contributed by atoms with E-state index >= 15 is 0 Å². The molecular weight excluding hydrogens is 422 g/mol. The number of benzene rings is 2. The molecule has 3 aromatic rings. The topological polar surface area (TPSA) is 90.7 Å². The first-order valence-corrected chi connectivity index (χ1v) is 10.6. The maximum absolute atomic E-state index is 12.5. The molecule has 0 fully saturated rings. The van der Waals surface area contributed by atoms with Crippen LogP contribution >= 0.6 is 22.9 Å². The molecule has 0 radical (unpaired) electrons. The summed E-state index contributed by atoms with van der Waals surface area (Å²) in [5, 5.41) is 22.4. The first-order valence-electron chi connectivity index (χ1n) is 9.37. The number of amides is 1. The average molecular weight is 442 g/mol. The monoisotopic (exact) mass is 441 g/mol. The van der Waals surface area contributed by atoms with Gasteiger partial charge in [0.25, 0.3) is 0 Å². The number of fused-ring (bicyclic) bond motifs is 1. The lowest BCUT2D eigenvalue weighted by molar-refractivity contribution is -0.115. The molecular formula is C21H20ClN5O2S. The van der Waals surface area contributed by atoms with Gasteiger partial charge in [-0.2, -0.15) is 0 Å². The Morgan fingerprint density at radius 2 is 2.00 bits per heavy atom. The number of carbonyl (C=O) groups excluding carboxylic acids is 1. The van der Waals surface area contributed by atoms with Crippen LogP contribution < -0.4 is 10.2 Å². The van der Waals surface area contributed by atoms with Crippen molar-refractivity contribution in [1.82, 2.24) is 10.2 Å². The van der Waals surface area contributed by atoms with Crippen LogP contribution in [0.25, 0.3) is 10.6 Å². The van der Waals surface area contributed by atoms with Crippen LogP contribution in [0, 0.1) is 0 Å². The number of anilines is 2. The molecule has 2 N–H and O–H groups in total. The highest BCUT2D eigenvalue weighted by Gasteiger charge is 2.20. The van der Waals surface area contributed by atoms with E-state index in [1.807, 2.05) is 49.3 Å². The molecule has 7 nitrogen and oxygen atoms in total. The SMILES string of the molecule is CN(C)c1cc2c(cc1Cl)NC(=O)CC(c1cccc(-c3nnc(CCO)s3)c1)=N2. The number of nitrogens with zero attached hydrogens (tertiary/aromatic N) is 4. The van der Waals surface area contributed by atoms with E-state index < -0.39 is 0 Å². The molecule has 30 heavy (non-hydrogen) atoms. The van der Waals surface area contributed by atoms with E-state index in [0.29, 0.717) is 28.5 Å². The molecule has 0 saturated carbocycles. The van der Waals surface area contributed by atoms with Gasteiger partial charge >= 0.3 is 0 Å². The number of carbonyl (C=O) groups is 1. The number of aliphatic hydroxyl groups is 1. The number of hydrogen-bond donors (Lipinski definition) is 2. The maximum atomic E-state index is 12.5. The van der Waals surface area contributed by atoms with Crippen molar-refractivity contribution in [2.45, 2.75) is 12.8 Å². The van der Waals surface area contributed by atoms with Gasteiger partial charge in [0.05, 0.1) is 34.2 Å². The van der Waals surface area contributed by atoms with Crippen molar-refractivity contribution in [1.29, 1.82) is 0 Å². The Balaban J connectivity index is 1.75. The molecule has 4 rings (SSSR count). The van der Waals surface area contributed by atoms with Crippen LogP contribution in [0.5, 0.6) is 0 Å². The van der Waals surface area contributed by atoms with Crippen molar-refractivity contribution in [3.8, 4) is 10.6 Å². The second-order valence-electron chi connectivity index (χ2n) is 7.05. The summed E-state index contributed by atoms with van der Waals surface area (Å²) in [6, 6.07) is 11.4. The molecule has 0 saturated heterocycles. The Morgan fingerprint density at radius 1 is 1.20 bits per heavy atom. The van der Waals surface area contributed by atoms with Crippen molar-refractivity contribution in [2.24, 2.45) is 4.99 Å². The van der Waals surface area contributed by atoms with E-state index in [4.69, 9.17) is 21.7 Å². The van der Waals surface area contributed by atoms with Crippen LogP contribution in [0.15, 0.2) is 41.4 Å². The minimum absolute atomic E-state index is 0.0406. The van der Waals surface area contributed by atoms with Crippen LogP contribution in [0.3, 0.4) is 0 Å². The van der Waals surface area contributed by atoms with E-state index in [9.17, 15) is 4.79 Å². The van der Waals surface area contributed by atoms with E-state index in [1.165, 1.54) is 11.3 Å². The predicted octanol–water partition coefficient (Wildman–Crippen LogP) is 3.92. The maximum Gasteiger partial charge on any atom is 0.230 e. The summed E-state index contributed by atoms with van der Waals surface area (Å²) < 4.78 is 0. The van der Waals surface area contributed by atoms with Crippen molar-refractivity contribution < 1.29 is 9.90 Å². The Morgan fingerprint density at radius 3 is 2.77 bits per heavy atom. The van der Waals surface area contributed by atoms with Crippen molar-refractivity contribution in [2.75, 3.05) is 30.9 Å². The number of hydrogen-bond acceptors (Lipinski definition) is 7. The highest BCUT2D eigenvalue weighted by atomic mass is 35.5. The van der Waals surface area contributed by atoms with Gasteiger partial charge < -0.3 is 15.3 Å². The molecule has 0 spiro atoms. The van der Waals surface area contributed by atoms with Crippen LogP contribution in [0.4, 0.5) is 17.1 Å². The lowest BCUT2D eigenvalue weighted by Gasteiger charge is -2.16. The second-order valence-corrected chi connectivity index (χ2v) is 8.52. The second kappa shape index (κ2) is 8.51. The van der Waals surface area contributed by atoms with Gasteiger partial charge in [0.15, 0.2) is 0 Å². The molecule has 2 aromatic carbocycles. The first-order chi connectivity index (χ1) is 14.4. The third-order valence-electron chi connectivity index (χ3n) is 4.64. The summed E-state index contributed by atoms with van der Waals surface area (Å²) in [5.74, 6) is -0.146. The third kappa shape index (κ3) is 4.21. The fourth-order valence-electron chi connectivity index (χ4n) is 3.18. The summed E-state index contributed by atoms with van der Waals surface area (Å²) in [7, 11) is 3.81. The van der Waals surface area contributed by atoms with Gasteiger partial charge in [0, 0.05) is 32.7 Å². The Labute approximate surface area is 183 Å². The number of aliphatic hydroxyl groups excluding tert-OH is 1. The number of halogens is 1. The number of nitrogens with one attached hydrogen (secondary N) is 1. The molecule has 0 unspecified atom stereocenters. The minimum atomic E-state index is -0.146. The summed E-state index contributed by atoms with van der Waals surface area (Å²) in [6.45, 7) is 0.0406. The molecule has 154 valence electrons. The number of rotatable bonds is 5. The minimum Gasteiger partial charge on any atom is -0.396 e. The van der Waals surface area contributed by atoms with Crippen molar-refractivity contribution in [3.63, 3.8) is 0 Å². The van der Waals surface area contributed by atoms with Gasteiger partial charge in [0.1, 0.15) is 10.0 Å². The molecule has 0 bridgehead atoms. The summed E-state index contributed by atoms with van der Waals surface area (Å²) in [4.78, 5) is 19.2. The van der Waals surface area contributed by atoms with E-state index in [0.717, 1.165) is 26.8 Å². The van der Waals surface area contributed by atoms with Gasteiger partial charge in [-0.1, -0.05) is 41.1 Å². The van der Waals surface area contributed by atoms with E-state index in [2.05, 4.69) is 15.5 Å². The molecule has 1 amide bonds. The van der Waals surface area contributed by atoms with Gasteiger partial charge in [-0.05, 0) is 23.8 Å². The zero-order chi connectivity index (χ0) is 21.3. The third-order valence-corrected chi connectivity index (χ3v) is 5.97. The Bertz CT molecular complexity index is 1140. The molecule has 1 aliphatic heterocycles. The van der Waals surface area contributed by atoms with E-state index in [-0.39, 0.29) is 18.9 Å². The summed E-state index contributed by atoms with van der Waals surface area (Å²) in [6.07, 6.45) is 0.636. The van der Waals surface area contributed by atoms with Crippen molar-refractivity contribution >= 4 is 51.6 Å². The number of aromatic nitrogens is 2. The number of aliphatic imine (C=N–C) groups is 1. The molecule has 2 heterocycles. The van der Waals surface area contributed by atoms with E-state index in [1.54, 1.807) is 6.07 Å². The Hall–Kier alpha value is -2.81. The zero-order valence-electron chi connectivity index (χ0n) is 16.5. The lowest BCUT2D eigenvalue weighted by Crippen LogP contribution is -2.15. The first kappa shape index (κ1) is 20.5. The molecule has 0 atom stereocenters. The largest absolute Gasteiger partial charge is 0.396 e. The fourth-order valence-corrected chi connectivity index (χ4v) is 4.34. The van der Waals surface area contributed by atoms with Crippen LogP contribution in [-0.4, -0.2) is 47.6 Å². The highest BCUT2D eigenvalue weighted by molar-refractivity contribution is 7.14. The zero-order valence-corrected chi connectivity index (χ0v) is 18.1. The summed E-state index contributed by atoms with van der Waals surface area (Å²) >= 11 is 7.80. The quantitative estimate of drug-likeness (QED) is 0.626. The predicted molar refractivity (Wildman–Crippen MR) is 121 cm³/mol. The standard InChI is InChI=1S/C21H20ClN5O2S/c1-27(2)18-10-17-16(9-14(18)22)24-19(29)11-15(23-17)12-4-3-5-13(8-12)21-26-25-20(30-21)6-7-28/h3-5,8-10,28H,6-7,11H2,1-2H3,(H,24,29). The van der Waals surface area contributed by atoms with Gasteiger partial charge in [0.2, 0.25) is 5.91 Å². The van der Waals surface area contributed by atoms with Gasteiger partial charge in [-0.25, -0.2) is 0 Å². The molecule has 1 aliphatic rings. The summed E-state index contributed by atoms with van der Waals surface area (Å²) in [5.41, 5.74) is 4.49. The van der Waals surface area contributed by atoms with Crippen LogP contribution in [0.1, 0.15) is 17.0 Å². The molecule has 1 aromatic heterocycles. The molecule has 9 heteroatoms.